The van der Waals surface area contributed by atoms with Crippen LogP contribution in [0, 0.1) is 0 Å². The van der Waals surface area contributed by atoms with Crippen molar-refractivity contribution in [3.8, 4) is 0 Å². The van der Waals surface area contributed by atoms with Crippen LogP contribution in [-0.2, 0) is 23.0 Å². The minimum absolute atomic E-state index is 0.342. The lowest BCUT2D eigenvalue weighted by molar-refractivity contribution is 0.583. The first-order valence-corrected chi connectivity index (χ1v) is 7.85. The fourth-order valence-electron chi connectivity index (χ4n) is 1.81. The van der Waals surface area contributed by atoms with E-state index >= 15 is 0 Å². The number of benzene rings is 1. The van der Waals surface area contributed by atoms with Crippen molar-refractivity contribution in [2.24, 2.45) is 0 Å². The van der Waals surface area contributed by atoms with Gasteiger partial charge >= 0.3 is 0 Å². The lowest BCUT2D eigenvalue weighted by Crippen LogP contribution is -2.23. The van der Waals surface area contributed by atoms with Gasteiger partial charge in [-0.3, -0.25) is 0 Å². The lowest BCUT2D eigenvalue weighted by atomic mass is 10.1. The van der Waals surface area contributed by atoms with Gasteiger partial charge in [-0.15, -0.1) is 0 Å². The van der Waals surface area contributed by atoms with Crippen LogP contribution in [0.4, 0.5) is 0 Å². The zero-order chi connectivity index (χ0) is 13.6. The summed E-state index contributed by atoms with van der Waals surface area (Å²) in [5.74, 6) is 0. The van der Waals surface area contributed by atoms with Crippen LogP contribution in [0.15, 0.2) is 23.1 Å². The first kappa shape index (κ1) is 15.1. The molecule has 0 radical (unpaired) electrons. The van der Waals surface area contributed by atoms with Gasteiger partial charge in [-0.05, 0) is 36.2 Å². The van der Waals surface area contributed by atoms with Crippen molar-refractivity contribution in [1.82, 2.24) is 10.0 Å². The van der Waals surface area contributed by atoms with Crippen molar-refractivity contribution in [3.63, 3.8) is 0 Å². The monoisotopic (exact) mass is 270 g/mol. The van der Waals surface area contributed by atoms with Gasteiger partial charge in [0.1, 0.15) is 0 Å². The van der Waals surface area contributed by atoms with E-state index < -0.39 is 10.0 Å². The van der Waals surface area contributed by atoms with Gasteiger partial charge < -0.3 is 5.32 Å². The van der Waals surface area contributed by atoms with Crippen LogP contribution in [0.1, 0.15) is 31.9 Å². The molecule has 102 valence electrons. The number of nitrogens with one attached hydrogen (secondary N) is 2. The van der Waals surface area contributed by atoms with Gasteiger partial charge in [-0.2, -0.15) is 0 Å². The largest absolute Gasteiger partial charge is 0.313 e. The molecule has 0 aliphatic carbocycles. The van der Waals surface area contributed by atoms with Gasteiger partial charge in [0.2, 0.25) is 10.0 Å². The average molecular weight is 270 g/mol. The highest BCUT2D eigenvalue weighted by atomic mass is 32.2. The fraction of sp³-hybridized carbons (Fsp3) is 0.538. The molecule has 0 unspecified atom stereocenters. The van der Waals surface area contributed by atoms with E-state index in [1.165, 1.54) is 5.56 Å². The zero-order valence-electron chi connectivity index (χ0n) is 11.3. The number of aryl methyl sites for hydroxylation is 1. The number of sulfonamides is 1. The van der Waals surface area contributed by atoms with E-state index in [0.29, 0.717) is 18.0 Å². The third-order valence-electron chi connectivity index (χ3n) is 2.77. The summed E-state index contributed by atoms with van der Waals surface area (Å²) in [6, 6.07) is 5.34. The molecule has 0 spiro atoms. The summed E-state index contributed by atoms with van der Waals surface area (Å²) in [6.07, 6.45) is 0.905. The quantitative estimate of drug-likeness (QED) is 0.792. The molecule has 0 aromatic heterocycles. The lowest BCUT2D eigenvalue weighted by Gasteiger charge is -2.11. The van der Waals surface area contributed by atoms with Crippen LogP contribution in [0.25, 0.3) is 0 Å². The van der Waals surface area contributed by atoms with Crippen molar-refractivity contribution in [1.29, 1.82) is 0 Å². The molecule has 1 aromatic carbocycles. The fourth-order valence-corrected chi connectivity index (χ4v) is 2.90. The molecule has 0 amide bonds. The second kappa shape index (κ2) is 6.87. The normalized spacial score (nSPS) is 11.7. The molecule has 0 saturated carbocycles. The van der Waals surface area contributed by atoms with Gasteiger partial charge in [-0.1, -0.05) is 26.8 Å². The minimum Gasteiger partial charge on any atom is -0.313 e. The van der Waals surface area contributed by atoms with E-state index in [1.807, 2.05) is 13.0 Å². The molecule has 0 aliphatic heterocycles. The Balaban J connectivity index is 3.09. The number of hydrogen-bond acceptors (Lipinski definition) is 3. The van der Waals surface area contributed by atoms with Crippen LogP contribution < -0.4 is 10.0 Å². The first-order chi connectivity index (χ1) is 8.55. The average Bonchev–Trinajstić information content (AvgIpc) is 2.35. The van der Waals surface area contributed by atoms with Crippen molar-refractivity contribution in [2.45, 2.75) is 38.6 Å². The Bertz CT molecular complexity index is 484. The second-order valence-corrected chi connectivity index (χ2v) is 5.83. The van der Waals surface area contributed by atoms with Gasteiger partial charge in [0.25, 0.3) is 0 Å². The first-order valence-electron chi connectivity index (χ1n) is 6.37. The summed E-state index contributed by atoms with van der Waals surface area (Å²) in [6.45, 7) is 7.86. The molecule has 5 heteroatoms. The Morgan fingerprint density at radius 3 is 2.33 bits per heavy atom. The van der Waals surface area contributed by atoms with Gasteiger partial charge in [0.15, 0.2) is 0 Å². The predicted molar refractivity (Wildman–Crippen MR) is 74.1 cm³/mol. The van der Waals surface area contributed by atoms with Crippen LogP contribution in [-0.4, -0.2) is 21.5 Å². The maximum absolute atomic E-state index is 11.9. The van der Waals surface area contributed by atoms with E-state index in [9.17, 15) is 8.42 Å². The Hall–Kier alpha value is -0.910. The van der Waals surface area contributed by atoms with Crippen molar-refractivity contribution in [2.75, 3.05) is 13.1 Å². The van der Waals surface area contributed by atoms with Crippen LogP contribution in [0.2, 0.25) is 0 Å². The molecule has 4 nitrogen and oxygen atoms in total. The summed E-state index contributed by atoms with van der Waals surface area (Å²) in [5, 5.41) is 3.23. The van der Waals surface area contributed by atoms with Crippen molar-refractivity contribution < 1.29 is 8.42 Å². The molecule has 0 bridgehead atoms. The predicted octanol–water partition coefficient (Wildman–Crippen LogP) is 1.66. The SMILES string of the molecule is CCNCc1cc(S(=O)(=O)NCC)ccc1CC. The van der Waals surface area contributed by atoms with Crippen LogP contribution in [0.3, 0.4) is 0 Å². The Morgan fingerprint density at radius 2 is 1.78 bits per heavy atom. The van der Waals surface area contributed by atoms with Gasteiger partial charge in [0.05, 0.1) is 4.90 Å². The third-order valence-corrected chi connectivity index (χ3v) is 4.31. The number of hydrogen-bond donors (Lipinski definition) is 2. The van der Waals surface area contributed by atoms with Crippen LogP contribution in [0.5, 0.6) is 0 Å². The molecule has 18 heavy (non-hydrogen) atoms. The molecule has 0 saturated heterocycles. The van der Waals surface area contributed by atoms with Crippen molar-refractivity contribution in [3.05, 3.63) is 29.3 Å². The summed E-state index contributed by atoms with van der Waals surface area (Å²) in [4.78, 5) is 0.342. The molecule has 0 aliphatic rings. The minimum atomic E-state index is -3.36. The van der Waals surface area contributed by atoms with E-state index in [0.717, 1.165) is 18.5 Å². The second-order valence-electron chi connectivity index (χ2n) is 4.07. The molecule has 1 rings (SSSR count). The van der Waals surface area contributed by atoms with E-state index in [-0.39, 0.29) is 0 Å². The molecular weight excluding hydrogens is 248 g/mol. The molecule has 1 aromatic rings. The highest BCUT2D eigenvalue weighted by molar-refractivity contribution is 7.89. The van der Waals surface area contributed by atoms with Gasteiger partial charge in [0, 0.05) is 13.1 Å². The highest BCUT2D eigenvalue weighted by Gasteiger charge is 2.14. The topological polar surface area (TPSA) is 58.2 Å². The maximum Gasteiger partial charge on any atom is 0.240 e. The molecule has 0 heterocycles. The summed E-state index contributed by atoms with van der Waals surface area (Å²) in [5.41, 5.74) is 2.24. The summed E-state index contributed by atoms with van der Waals surface area (Å²) >= 11 is 0. The van der Waals surface area contributed by atoms with E-state index in [4.69, 9.17) is 0 Å². The Morgan fingerprint density at radius 1 is 1.06 bits per heavy atom. The molecular formula is C13H22N2O2S. The van der Waals surface area contributed by atoms with Crippen molar-refractivity contribution >= 4 is 10.0 Å². The van der Waals surface area contributed by atoms with E-state index in [1.54, 1.807) is 19.1 Å². The maximum atomic E-state index is 11.9. The van der Waals surface area contributed by atoms with Gasteiger partial charge in [-0.25, -0.2) is 13.1 Å². The zero-order valence-corrected chi connectivity index (χ0v) is 12.1. The Labute approximate surface area is 110 Å². The number of rotatable bonds is 7. The van der Waals surface area contributed by atoms with E-state index in [2.05, 4.69) is 17.0 Å². The molecule has 0 fully saturated rings. The Kier molecular flexibility index (Phi) is 5.78. The third kappa shape index (κ3) is 3.80. The van der Waals surface area contributed by atoms with Crippen LogP contribution >= 0.6 is 0 Å². The smallest absolute Gasteiger partial charge is 0.240 e. The summed E-state index contributed by atoms with van der Waals surface area (Å²) < 4.78 is 26.4. The molecule has 0 atom stereocenters. The summed E-state index contributed by atoms with van der Waals surface area (Å²) in [7, 11) is -3.36. The highest BCUT2D eigenvalue weighted by Crippen LogP contribution is 2.16. The molecule has 2 N–H and O–H groups in total. The standard InChI is InChI=1S/C13H22N2O2S/c1-4-11-7-8-13(18(16,17)15-6-3)9-12(11)10-14-5-2/h7-9,14-15H,4-6,10H2,1-3H3.